The predicted octanol–water partition coefficient (Wildman–Crippen LogP) is -1.06. The fraction of sp³-hybridized carbons (Fsp3) is 0.500. The molecule has 0 radical (unpaired) electrons. The van der Waals surface area contributed by atoms with Gasteiger partial charge in [0.1, 0.15) is 12.2 Å². The van der Waals surface area contributed by atoms with E-state index in [0.717, 1.165) is 0 Å². The molecule has 2 heterocycles. The molecular weight excluding hydrogens is 222 g/mol. The first-order valence-electron chi connectivity index (χ1n) is 5.28. The van der Waals surface area contributed by atoms with Crippen LogP contribution < -0.4 is 10.6 Å². The van der Waals surface area contributed by atoms with Gasteiger partial charge >= 0.3 is 6.03 Å². The Balaban J connectivity index is 2.26. The van der Waals surface area contributed by atoms with Gasteiger partial charge in [-0.25, -0.2) is 9.79 Å². The van der Waals surface area contributed by atoms with Crippen molar-refractivity contribution in [3.63, 3.8) is 0 Å². The molecule has 7 heteroatoms. The standard InChI is InChI=1S/C10H15N5O2/c1-4-5-11-9-12-7-6(14(9)2)8(16)13-10(17)15(7)3/h4,6-7H,1,5H2,2-3H3,(H,11,12)(H,13,16,17). The first kappa shape index (κ1) is 11.4. The van der Waals surface area contributed by atoms with Crippen molar-refractivity contribution in [2.75, 3.05) is 20.6 Å². The second-order valence-electron chi connectivity index (χ2n) is 4.00. The zero-order valence-corrected chi connectivity index (χ0v) is 9.80. The molecule has 0 aromatic rings. The summed E-state index contributed by atoms with van der Waals surface area (Å²) in [6, 6.07) is -0.844. The molecule has 0 bridgehead atoms. The van der Waals surface area contributed by atoms with Crippen molar-refractivity contribution in [1.29, 1.82) is 0 Å². The van der Waals surface area contributed by atoms with Gasteiger partial charge in [0, 0.05) is 14.1 Å². The summed E-state index contributed by atoms with van der Waals surface area (Å²) >= 11 is 0. The maximum Gasteiger partial charge on any atom is 0.325 e. The van der Waals surface area contributed by atoms with Crippen molar-refractivity contribution in [3.05, 3.63) is 12.7 Å². The van der Waals surface area contributed by atoms with Gasteiger partial charge in [-0.2, -0.15) is 0 Å². The van der Waals surface area contributed by atoms with Gasteiger partial charge in [-0.05, 0) is 0 Å². The minimum atomic E-state index is -0.443. The largest absolute Gasteiger partial charge is 0.334 e. The molecule has 2 atom stereocenters. The van der Waals surface area contributed by atoms with Crippen LogP contribution in [0.25, 0.3) is 0 Å². The Kier molecular flexibility index (Phi) is 2.74. The molecular formula is C10H15N5O2. The highest BCUT2D eigenvalue weighted by atomic mass is 16.2. The van der Waals surface area contributed by atoms with Crippen LogP contribution in [0.4, 0.5) is 4.79 Å². The van der Waals surface area contributed by atoms with Gasteiger partial charge in [0.15, 0.2) is 5.96 Å². The SMILES string of the molecule is C=CCN=C1NC2C(C(=O)NC(=O)N2C)N1C. The van der Waals surface area contributed by atoms with E-state index in [1.807, 2.05) is 0 Å². The highest BCUT2D eigenvalue weighted by Crippen LogP contribution is 2.18. The van der Waals surface area contributed by atoms with E-state index >= 15 is 0 Å². The quantitative estimate of drug-likeness (QED) is 0.600. The Morgan fingerprint density at radius 3 is 2.76 bits per heavy atom. The maximum atomic E-state index is 11.7. The molecule has 0 spiro atoms. The number of carbonyl (C=O) groups excluding carboxylic acids is 2. The number of nitrogens with zero attached hydrogens (tertiary/aromatic N) is 3. The molecule has 0 aliphatic carbocycles. The molecule has 0 saturated carbocycles. The van der Waals surface area contributed by atoms with Gasteiger partial charge in [0.25, 0.3) is 5.91 Å². The Labute approximate surface area is 99.2 Å². The number of carbonyl (C=O) groups is 2. The highest BCUT2D eigenvalue weighted by molar-refractivity contribution is 6.04. The lowest BCUT2D eigenvalue weighted by Gasteiger charge is -2.34. The molecule has 17 heavy (non-hydrogen) atoms. The molecule has 7 nitrogen and oxygen atoms in total. The smallest absolute Gasteiger partial charge is 0.325 e. The van der Waals surface area contributed by atoms with Crippen molar-refractivity contribution >= 4 is 17.9 Å². The van der Waals surface area contributed by atoms with Crippen LogP contribution in [0.15, 0.2) is 17.6 Å². The van der Waals surface area contributed by atoms with Crippen molar-refractivity contribution in [3.8, 4) is 0 Å². The Hall–Kier alpha value is -2.05. The number of likely N-dealkylation sites (N-methyl/N-ethyl adjacent to an activating group) is 2. The number of hydrogen-bond donors (Lipinski definition) is 2. The van der Waals surface area contributed by atoms with Gasteiger partial charge in [0.05, 0.1) is 6.54 Å². The molecule has 2 aliphatic heterocycles. The van der Waals surface area contributed by atoms with E-state index < -0.39 is 12.1 Å². The van der Waals surface area contributed by atoms with Crippen LogP contribution in [0.5, 0.6) is 0 Å². The van der Waals surface area contributed by atoms with Crippen LogP contribution in [0.1, 0.15) is 0 Å². The summed E-state index contributed by atoms with van der Waals surface area (Å²) in [4.78, 5) is 30.6. The van der Waals surface area contributed by atoms with E-state index in [1.165, 1.54) is 4.90 Å². The summed E-state index contributed by atoms with van der Waals surface area (Å²) in [6.07, 6.45) is 1.30. The maximum absolute atomic E-state index is 11.7. The molecule has 3 amide bonds. The van der Waals surface area contributed by atoms with E-state index in [-0.39, 0.29) is 12.1 Å². The van der Waals surface area contributed by atoms with E-state index in [9.17, 15) is 9.59 Å². The van der Waals surface area contributed by atoms with E-state index in [2.05, 4.69) is 22.2 Å². The van der Waals surface area contributed by atoms with Gasteiger partial charge in [-0.15, -0.1) is 6.58 Å². The van der Waals surface area contributed by atoms with Crippen LogP contribution in [0, 0.1) is 0 Å². The summed E-state index contributed by atoms with van der Waals surface area (Å²) in [5.41, 5.74) is 0. The summed E-state index contributed by atoms with van der Waals surface area (Å²) in [5, 5.41) is 5.36. The molecule has 2 fully saturated rings. The first-order valence-corrected chi connectivity index (χ1v) is 5.28. The number of amides is 3. The molecule has 0 aromatic carbocycles. The van der Waals surface area contributed by atoms with Gasteiger partial charge < -0.3 is 15.1 Å². The number of nitrogens with one attached hydrogen (secondary N) is 2. The van der Waals surface area contributed by atoms with Crippen molar-refractivity contribution in [2.24, 2.45) is 4.99 Å². The monoisotopic (exact) mass is 237 g/mol. The van der Waals surface area contributed by atoms with Crippen molar-refractivity contribution in [2.45, 2.75) is 12.2 Å². The molecule has 2 unspecified atom stereocenters. The topological polar surface area (TPSA) is 77.0 Å². The van der Waals surface area contributed by atoms with Gasteiger partial charge in [-0.3, -0.25) is 10.1 Å². The molecule has 2 rings (SSSR count). The third kappa shape index (κ3) is 1.73. The fourth-order valence-corrected chi connectivity index (χ4v) is 1.99. The second kappa shape index (κ2) is 4.08. The zero-order chi connectivity index (χ0) is 12.6. The Morgan fingerprint density at radius 1 is 1.41 bits per heavy atom. The summed E-state index contributed by atoms with van der Waals surface area (Å²) in [5.74, 6) is 0.286. The van der Waals surface area contributed by atoms with E-state index in [4.69, 9.17) is 0 Å². The average molecular weight is 237 g/mol. The predicted molar refractivity (Wildman–Crippen MR) is 62.3 cm³/mol. The number of urea groups is 1. The number of guanidine groups is 1. The fourth-order valence-electron chi connectivity index (χ4n) is 1.99. The average Bonchev–Trinajstić information content (AvgIpc) is 2.61. The number of rotatable bonds is 2. The van der Waals surface area contributed by atoms with Gasteiger partial charge in [-0.1, -0.05) is 6.08 Å². The summed E-state index contributed by atoms with van der Waals surface area (Å²) in [7, 11) is 3.40. The lowest BCUT2D eigenvalue weighted by atomic mass is 10.1. The van der Waals surface area contributed by atoms with Crippen LogP contribution in [-0.2, 0) is 4.79 Å². The third-order valence-corrected chi connectivity index (χ3v) is 2.93. The van der Waals surface area contributed by atoms with Crippen LogP contribution in [-0.4, -0.2) is 60.5 Å². The number of imide groups is 1. The van der Waals surface area contributed by atoms with Crippen LogP contribution in [0.3, 0.4) is 0 Å². The second-order valence-corrected chi connectivity index (χ2v) is 4.00. The van der Waals surface area contributed by atoms with Crippen LogP contribution >= 0.6 is 0 Å². The summed E-state index contributed by atoms with van der Waals surface area (Å²) in [6.45, 7) is 4.05. The lowest BCUT2D eigenvalue weighted by molar-refractivity contribution is -0.126. The van der Waals surface area contributed by atoms with Crippen LogP contribution in [0.2, 0.25) is 0 Å². The lowest BCUT2D eigenvalue weighted by Crippen LogP contribution is -2.64. The molecule has 2 aliphatic rings. The minimum Gasteiger partial charge on any atom is -0.334 e. The number of aliphatic imine (C=N–C) groups is 1. The normalized spacial score (nSPS) is 30.1. The Bertz CT molecular complexity index is 406. The molecule has 0 aromatic heterocycles. The zero-order valence-electron chi connectivity index (χ0n) is 9.80. The molecule has 92 valence electrons. The number of hydrogen-bond acceptors (Lipinski definition) is 3. The molecule has 2 saturated heterocycles. The van der Waals surface area contributed by atoms with E-state index in [0.29, 0.717) is 12.5 Å². The van der Waals surface area contributed by atoms with Gasteiger partial charge in [0.2, 0.25) is 0 Å². The highest BCUT2D eigenvalue weighted by Gasteiger charge is 2.48. The number of fused-ring (bicyclic) bond motifs is 1. The third-order valence-electron chi connectivity index (χ3n) is 2.93. The minimum absolute atomic E-state index is 0.308. The molecule has 2 N–H and O–H groups in total. The van der Waals surface area contributed by atoms with Crippen molar-refractivity contribution < 1.29 is 9.59 Å². The summed E-state index contributed by atoms with van der Waals surface area (Å²) < 4.78 is 0. The van der Waals surface area contributed by atoms with E-state index in [1.54, 1.807) is 25.1 Å². The van der Waals surface area contributed by atoms with Crippen molar-refractivity contribution in [1.82, 2.24) is 20.4 Å². The Morgan fingerprint density at radius 2 is 2.12 bits per heavy atom. The first-order chi connectivity index (χ1) is 8.06.